The topological polar surface area (TPSA) is 77.6 Å². The van der Waals surface area contributed by atoms with E-state index in [4.69, 9.17) is 4.74 Å². The maximum atomic E-state index is 5.38. The van der Waals surface area contributed by atoms with Crippen molar-refractivity contribution in [2.45, 2.75) is 32.1 Å². The number of aromatic nitrogens is 5. The highest BCUT2D eigenvalue weighted by Crippen LogP contribution is 2.30. The van der Waals surface area contributed by atoms with Crippen molar-refractivity contribution >= 4 is 28.1 Å². The molecule has 7 nitrogen and oxygen atoms in total. The smallest absolute Gasteiger partial charge is 0.267 e. The third-order valence-corrected chi connectivity index (χ3v) is 5.20. The van der Waals surface area contributed by atoms with Crippen LogP contribution in [0.4, 0.5) is 5.95 Å². The van der Waals surface area contributed by atoms with E-state index in [1.807, 2.05) is 41.2 Å². The largest absolute Gasteiger partial charge is 0.480 e. The van der Waals surface area contributed by atoms with Crippen LogP contribution >= 0.6 is 0 Å². The van der Waals surface area contributed by atoms with E-state index in [0.717, 1.165) is 40.4 Å². The Morgan fingerprint density at radius 1 is 1.04 bits per heavy atom. The maximum absolute atomic E-state index is 5.38. The molecule has 3 heterocycles. The molecule has 1 saturated carbocycles. The minimum Gasteiger partial charge on any atom is -0.480 e. The SMILES string of the molecule is COc1ncnc2ccc(-c3ccn4nc(N=C5CCCCC5)ncc34)cc12. The number of fused-ring (bicyclic) bond motifs is 2. The van der Waals surface area contributed by atoms with Crippen molar-refractivity contribution in [3.63, 3.8) is 0 Å². The fourth-order valence-electron chi connectivity index (χ4n) is 3.76. The van der Waals surface area contributed by atoms with Crippen LogP contribution in [0.25, 0.3) is 27.5 Å². The third-order valence-electron chi connectivity index (χ3n) is 5.20. The maximum Gasteiger partial charge on any atom is 0.267 e. The van der Waals surface area contributed by atoms with E-state index in [2.05, 4.69) is 25.0 Å². The van der Waals surface area contributed by atoms with Gasteiger partial charge < -0.3 is 4.74 Å². The van der Waals surface area contributed by atoms with Crippen molar-refractivity contribution in [3.8, 4) is 17.0 Å². The Morgan fingerprint density at radius 3 is 2.79 bits per heavy atom. The number of aliphatic imine (C=N–C) groups is 1. The number of hydrogen-bond acceptors (Lipinski definition) is 6. The summed E-state index contributed by atoms with van der Waals surface area (Å²) in [7, 11) is 1.62. The summed E-state index contributed by atoms with van der Waals surface area (Å²) in [5, 5.41) is 5.46. The van der Waals surface area contributed by atoms with Crippen molar-refractivity contribution in [2.24, 2.45) is 4.99 Å². The zero-order valence-corrected chi connectivity index (χ0v) is 15.7. The van der Waals surface area contributed by atoms with Crippen molar-refractivity contribution in [1.82, 2.24) is 24.6 Å². The van der Waals surface area contributed by atoms with Crippen molar-refractivity contribution in [1.29, 1.82) is 0 Å². The van der Waals surface area contributed by atoms with Crippen LogP contribution in [-0.4, -0.2) is 37.4 Å². The molecule has 1 aliphatic rings. The predicted octanol–water partition coefficient (Wildman–Crippen LogP) is 4.38. The number of hydrogen-bond donors (Lipinski definition) is 0. The molecule has 28 heavy (non-hydrogen) atoms. The van der Waals surface area contributed by atoms with Crippen LogP contribution in [0.2, 0.25) is 0 Å². The molecular weight excluding hydrogens is 352 g/mol. The lowest BCUT2D eigenvalue weighted by Gasteiger charge is -2.11. The molecule has 0 radical (unpaired) electrons. The Labute approximate surface area is 162 Å². The lowest BCUT2D eigenvalue weighted by atomic mass is 9.99. The molecule has 0 N–H and O–H groups in total. The summed E-state index contributed by atoms with van der Waals surface area (Å²) < 4.78 is 7.22. The van der Waals surface area contributed by atoms with E-state index in [1.165, 1.54) is 31.3 Å². The van der Waals surface area contributed by atoms with Gasteiger partial charge in [-0.3, -0.25) is 0 Å². The van der Waals surface area contributed by atoms with E-state index < -0.39 is 0 Å². The molecule has 4 aromatic rings. The normalized spacial score (nSPS) is 14.5. The molecule has 0 aliphatic heterocycles. The molecule has 1 aliphatic carbocycles. The fraction of sp³-hybridized carbons (Fsp3) is 0.286. The van der Waals surface area contributed by atoms with Crippen molar-refractivity contribution < 1.29 is 4.74 Å². The summed E-state index contributed by atoms with van der Waals surface area (Å²) in [4.78, 5) is 17.6. The van der Waals surface area contributed by atoms with Crippen LogP contribution in [0, 0.1) is 0 Å². The number of rotatable bonds is 3. The summed E-state index contributed by atoms with van der Waals surface area (Å²) in [6.07, 6.45) is 11.1. The van der Waals surface area contributed by atoms with Gasteiger partial charge in [-0.05, 0) is 49.4 Å². The molecule has 0 unspecified atom stereocenters. The van der Waals surface area contributed by atoms with Crippen LogP contribution in [0.3, 0.4) is 0 Å². The highest BCUT2D eigenvalue weighted by atomic mass is 16.5. The molecule has 1 fully saturated rings. The van der Waals surface area contributed by atoms with E-state index in [1.54, 1.807) is 7.11 Å². The van der Waals surface area contributed by atoms with E-state index in [-0.39, 0.29) is 0 Å². The van der Waals surface area contributed by atoms with Crippen molar-refractivity contribution in [2.75, 3.05) is 7.11 Å². The van der Waals surface area contributed by atoms with E-state index in [0.29, 0.717) is 11.8 Å². The van der Waals surface area contributed by atoms with Gasteiger partial charge in [-0.1, -0.05) is 12.5 Å². The summed E-state index contributed by atoms with van der Waals surface area (Å²) in [5.41, 5.74) is 5.08. The van der Waals surface area contributed by atoms with E-state index >= 15 is 0 Å². The Hall–Kier alpha value is -3.35. The zero-order valence-electron chi connectivity index (χ0n) is 15.7. The minimum absolute atomic E-state index is 0.528. The molecule has 3 aromatic heterocycles. The molecule has 1 aromatic carbocycles. The fourth-order valence-corrected chi connectivity index (χ4v) is 3.76. The van der Waals surface area contributed by atoms with Crippen LogP contribution < -0.4 is 4.74 Å². The van der Waals surface area contributed by atoms with Gasteiger partial charge in [0, 0.05) is 17.5 Å². The molecule has 5 rings (SSSR count). The predicted molar refractivity (Wildman–Crippen MR) is 108 cm³/mol. The lowest BCUT2D eigenvalue weighted by Crippen LogP contribution is -2.05. The molecule has 140 valence electrons. The minimum atomic E-state index is 0.528. The van der Waals surface area contributed by atoms with Gasteiger partial charge in [0.15, 0.2) is 0 Å². The highest BCUT2D eigenvalue weighted by Gasteiger charge is 2.12. The van der Waals surface area contributed by atoms with Gasteiger partial charge in [0.05, 0.1) is 29.7 Å². The average molecular weight is 372 g/mol. The van der Waals surface area contributed by atoms with Crippen LogP contribution in [0.15, 0.2) is 48.0 Å². The molecule has 0 bridgehead atoms. The number of ether oxygens (including phenoxy) is 1. The quantitative estimate of drug-likeness (QED) is 0.533. The Balaban J connectivity index is 1.55. The molecule has 0 spiro atoms. The monoisotopic (exact) mass is 372 g/mol. The third kappa shape index (κ3) is 2.98. The first-order chi connectivity index (χ1) is 13.8. The Bertz CT molecular complexity index is 1190. The van der Waals surface area contributed by atoms with Crippen LogP contribution in [-0.2, 0) is 0 Å². The van der Waals surface area contributed by atoms with Gasteiger partial charge >= 0.3 is 0 Å². The summed E-state index contributed by atoms with van der Waals surface area (Å²) in [5.74, 6) is 1.09. The second kappa shape index (κ2) is 6.99. The van der Waals surface area contributed by atoms with E-state index in [9.17, 15) is 0 Å². The second-order valence-corrected chi connectivity index (χ2v) is 6.97. The Kier molecular flexibility index (Phi) is 4.20. The molecule has 0 atom stereocenters. The van der Waals surface area contributed by atoms with Gasteiger partial charge in [-0.2, -0.15) is 0 Å². The van der Waals surface area contributed by atoms with Crippen LogP contribution in [0.1, 0.15) is 32.1 Å². The summed E-state index contributed by atoms with van der Waals surface area (Å²) >= 11 is 0. The van der Waals surface area contributed by atoms with Gasteiger partial charge in [0.1, 0.15) is 6.33 Å². The van der Waals surface area contributed by atoms with Crippen molar-refractivity contribution in [3.05, 3.63) is 43.0 Å². The standard InChI is InChI=1S/C21H20N6O/c1-28-20-17-11-14(7-8-18(17)23-13-24-20)16-9-10-27-19(16)12-22-21(26-27)25-15-5-3-2-4-6-15/h7-13H,2-6H2,1H3. The number of nitrogens with zero attached hydrogens (tertiary/aromatic N) is 6. The van der Waals surface area contributed by atoms with Gasteiger partial charge in [-0.25, -0.2) is 24.5 Å². The first-order valence-corrected chi connectivity index (χ1v) is 9.52. The van der Waals surface area contributed by atoms with Gasteiger partial charge in [0.25, 0.3) is 5.95 Å². The zero-order chi connectivity index (χ0) is 18.9. The lowest BCUT2D eigenvalue weighted by molar-refractivity contribution is 0.402. The highest BCUT2D eigenvalue weighted by molar-refractivity contribution is 5.91. The van der Waals surface area contributed by atoms with Gasteiger partial charge in [-0.15, -0.1) is 5.10 Å². The molecule has 0 amide bonds. The molecular formula is C21H20N6O. The molecule has 7 heteroatoms. The number of methoxy groups -OCH3 is 1. The summed E-state index contributed by atoms with van der Waals surface area (Å²) in [6, 6.07) is 8.10. The van der Waals surface area contributed by atoms with Crippen LogP contribution in [0.5, 0.6) is 5.88 Å². The first kappa shape index (κ1) is 16.8. The molecule has 0 saturated heterocycles. The average Bonchev–Trinajstić information content (AvgIpc) is 3.17. The first-order valence-electron chi connectivity index (χ1n) is 9.52. The van der Waals surface area contributed by atoms with Gasteiger partial charge in [0.2, 0.25) is 5.88 Å². The number of benzene rings is 1. The Morgan fingerprint density at radius 2 is 1.93 bits per heavy atom. The second-order valence-electron chi connectivity index (χ2n) is 6.97. The summed E-state index contributed by atoms with van der Waals surface area (Å²) in [6.45, 7) is 0.